The van der Waals surface area contributed by atoms with E-state index in [0.717, 1.165) is 20.8 Å². The monoisotopic (exact) mass is 290 g/mol. The lowest BCUT2D eigenvalue weighted by Gasteiger charge is -1.93. The molecular weight excluding hydrogens is 281 g/mol. The third kappa shape index (κ3) is 3.95. The lowest BCUT2D eigenvalue weighted by atomic mass is 10.3. The quantitative estimate of drug-likeness (QED) is 0.845. The Bertz CT molecular complexity index is 607. The largest absolute Gasteiger partial charge is 0.490 e. The van der Waals surface area contributed by atoms with Crippen LogP contribution in [0.4, 0.5) is 18.9 Å². The average molecular weight is 290 g/mol. The number of aliphatic carboxylic acids is 1. The molecule has 0 unspecified atom stereocenters. The molecule has 8 heteroatoms. The van der Waals surface area contributed by atoms with Crippen LogP contribution in [0.5, 0.6) is 0 Å². The van der Waals surface area contributed by atoms with Crippen molar-refractivity contribution in [1.29, 1.82) is 0 Å². The van der Waals surface area contributed by atoms with Crippen LogP contribution in [0.3, 0.4) is 0 Å². The van der Waals surface area contributed by atoms with Crippen LogP contribution in [0.25, 0.3) is 16.3 Å². The van der Waals surface area contributed by atoms with E-state index in [0.29, 0.717) is 0 Å². The Morgan fingerprint density at radius 2 is 2.11 bits per heavy atom. The lowest BCUT2D eigenvalue weighted by Crippen LogP contribution is -2.21. The highest BCUT2D eigenvalue weighted by Gasteiger charge is 2.38. The second kappa shape index (κ2) is 5.70. The van der Waals surface area contributed by atoms with Crippen molar-refractivity contribution < 1.29 is 23.1 Å². The Morgan fingerprint density at radius 3 is 2.53 bits per heavy atom. The molecule has 0 aliphatic rings. The summed E-state index contributed by atoms with van der Waals surface area (Å²) in [6.45, 7) is 3.70. The molecule has 4 nitrogen and oxygen atoms in total. The first kappa shape index (κ1) is 15.0. The van der Waals surface area contributed by atoms with Gasteiger partial charge in [-0.2, -0.15) is 13.2 Å². The van der Waals surface area contributed by atoms with Crippen molar-refractivity contribution in [3.63, 3.8) is 0 Å². The molecule has 3 N–H and O–H groups in total. The van der Waals surface area contributed by atoms with Gasteiger partial charge in [0, 0.05) is 11.1 Å². The number of carbonyl (C=O) groups is 1. The lowest BCUT2D eigenvalue weighted by molar-refractivity contribution is -0.192. The molecule has 0 fully saturated rings. The highest BCUT2D eigenvalue weighted by molar-refractivity contribution is 7.20. The van der Waals surface area contributed by atoms with Crippen LogP contribution >= 0.6 is 11.3 Å². The molecular formula is C11H9F3N2O2S. The van der Waals surface area contributed by atoms with Crippen LogP contribution in [-0.4, -0.2) is 22.2 Å². The summed E-state index contributed by atoms with van der Waals surface area (Å²) in [5.41, 5.74) is 7.50. The van der Waals surface area contributed by atoms with Gasteiger partial charge in [-0.3, -0.25) is 4.98 Å². The van der Waals surface area contributed by atoms with Gasteiger partial charge in [-0.1, -0.05) is 12.7 Å². The predicted molar refractivity (Wildman–Crippen MR) is 67.8 cm³/mol. The van der Waals surface area contributed by atoms with Crippen LogP contribution in [0.15, 0.2) is 24.9 Å². The number of rotatable bonds is 1. The second-order valence-corrected chi connectivity index (χ2v) is 4.35. The molecule has 0 radical (unpaired) electrons. The minimum Gasteiger partial charge on any atom is -0.475 e. The standard InChI is InChI=1S/C9H8N2S.C2HF3O2/c1-2-6-5-8-9(12-6)7(10)3-4-11-8;3-2(4,5)1(6)7/h2-5H,1H2,(H2,10,11);(H,6,7). The van der Waals surface area contributed by atoms with Crippen molar-refractivity contribution in [3.8, 4) is 0 Å². The third-order valence-electron chi connectivity index (χ3n) is 1.91. The maximum atomic E-state index is 10.6. The number of thiophene rings is 1. The Hall–Kier alpha value is -2.09. The fourth-order valence-corrected chi connectivity index (χ4v) is 1.97. The minimum absolute atomic E-state index is 0.790. The Morgan fingerprint density at radius 1 is 1.53 bits per heavy atom. The number of hydrogen-bond donors (Lipinski definition) is 2. The molecule has 102 valence electrons. The maximum Gasteiger partial charge on any atom is 0.490 e. The van der Waals surface area contributed by atoms with Gasteiger partial charge in [0.05, 0.1) is 15.9 Å². The first-order chi connectivity index (χ1) is 8.75. The molecule has 0 aromatic carbocycles. The van der Waals surface area contributed by atoms with Crippen molar-refractivity contribution in [2.75, 3.05) is 5.73 Å². The fraction of sp³-hybridized carbons (Fsp3) is 0.0909. The molecule has 2 rings (SSSR count). The molecule has 2 heterocycles. The topological polar surface area (TPSA) is 76.2 Å². The molecule has 0 amide bonds. The Kier molecular flexibility index (Phi) is 4.49. The van der Waals surface area contributed by atoms with Crippen molar-refractivity contribution in [1.82, 2.24) is 4.98 Å². The average Bonchev–Trinajstić information content (AvgIpc) is 2.73. The summed E-state index contributed by atoms with van der Waals surface area (Å²) in [6, 6.07) is 3.80. The van der Waals surface area contributed by atoms with Crippen molar-refractivity contribution in [2.45, 2.75) is 6.18 Å². The van der Waals surface area contributed by atoms with E-state index in [1.165, 1.54) is 0 Å². The highest BCUT2D eigenvalue weighted by Crippen LogP contribution is 2.28. The zero-order valence-electron chi connectivity index (χ0n) is 9.44. The summed E-state index contributed by atoms with van der Waals surface area (Å²) in [6.07, 6.45) is -1.55. The third-order valence-corrected chi connectivity index (χ3v) is 3.07. The van der Waals surface area contributed by atoms with Gasteiger partial charge in [0.1, 0.15) is 0 Å². The van der Waals surface area contributed by atoms with E-state index in [9.17, 15) is 13.2 Å². The highest BCUT2D eigenvalue weighted by atomic mass is 32.1. The predicted octanol–water partition coefficient (Wildman–Crippen LogP) is 3.15. The summed E-state index contributed by atoms with van der Waals surface area (Å²) in [5.74, 6) is -2.76. The molecule has 0 saturated carbocycles. The van der Waals surface area contributed by atoms with Gasteiger partial charge in [0.25, 0.3) is 0 Å². The first-order valence-electron chi connectivity index (χ1n) is 4.82. The van der Waals surface area contributed by atoms with Gasteiger partial charge in [0.15, 0.2) is 0 Å². The van der Waals surface area contributed by atoms with Gasteiger partial charge in [-0.15, -0.1) is 11.3 Å². The van der Waals surface area contributed by atoms with Crippen LogP contribution in [-0.2, 0) is 4.79 Å². The van der Waals surface area contributed by atoms with Crippen LogP contribution in [0.2, 0.25) is 0 Å². The van der Waals surface area contributed by atoms with Gasteiger partial charge in [0.2, 0.25) is 0 Å². The van der Waals surface area contributed by atoms with E-state index in [4.69, 9.17) is 15.6 Å². The van der Waals surface area contributed by atoms with Gasteiger partial charge in [-0.25, -0.2) is 4.79 Å². The summed E-state index contributed by atoms with van der Waals surface area (Å²) >= 11 is 1.62. The number of halogens is 3. The molecule has 0 bridgehead atoms. The maximum absolute atomic E-state index is 10.6. The Labute approximate surface area is 110 Å². The number of carboxylic acids is 1. The van der Waals surface area contributed by atoms with Gasteiger partial charge in [-0.05, 0) is 12.1 Å². The summed E-state index contributed by atoms with van der Waals surface area (Å²) < 4.78 is 32.8. The van der Waals surface area contributed by atoms with E-state index in [1.807, 2.05) is 18.2 Å². The molecule has 2 aromatic heterocycles. The van der Waals surface area contributed by atoms with E-state index >= 15 is 0 Å². The smallest absolute Gasteiger partial charge is 0.475 e. The van der Waals surface area contributed by atoms with Crippen molar-refractivity contribution in [3.05, 3.63) is 29.8 Å². The van der Waals surface area contributed by atoms with Gasteiger partial charge < -0.3 is 10.8 Å². The first-order valence-corrected chi connectivity index (χ1v) is 5.64. The Balaban J connectivity index is 0.000000224. The van der Waals surface area contributed by atoms with E-state index < -0.39 is 12.1 Å². The zero-order valence-corrected chi connectivity index (χ0v) is 10.3. The number of nitrogens with two attached hydrogens (primary N) is 1. The van der Waals surface area contributed by atoms with E-state index in [1.54, 1.807) is 17.5 Å². The molecule has 0 saturated heterocycles. The summed E-state index contributed by atoms with van der Waals surface area (Å²) in [5, 5.41) is 7.12. The van der Waals surface area contributed by atoms with E-state index in [2.05, 4.69) is 11.6 Å². The fourth-order valence-electron chi connectivity index (χ4n) is 1.08. The molecule has 19 heavy (non-hydrogen) atoms. The van der Waals surface area contributed by atoms with Crippen LogP contribution in [0, 0.1) is 0 Å². The number of anilines is 1. The number of hydrogen-bond acceptors (Lipinski definition) is 4. The van der Waals surface area contributed by atoms with Gasteiger partial charge >= 0.3 is 12.1 Å². The molecule has 0 aliphatic carbocycles. The van der Waals surface area contributed by atoms with Crippen LogP contribution < -0.4 is 5.73 Å². The number of alkyl halides is 3. The number of pyridine rings is 1. The number of carboxylic acid groups (broad SMARTS) is 1. The summed E-state index contributed by atoms with van der Waals surface area (Å²) in [7, 11) is 0. The van der Waals surface area contributed by atoms with Crippen molar-refractivity contribution >= 4 is 39.3 Å². The normalized spacial score (nSPS) is 10.7. The van der Waals surface area contributed by atoms with Crippen molar-refractivity contribution in [2.24, 2.45) is 0 Å². The minimum atomic E-state index is -5.08. The molecule has 0 atom stereocenters. The zero-order chi connectivity index (χ0) is 14.6. The van der Waals surface area contributed by atoms with E-state index in [-0.39, 0.29) is 0 Å². The SMILES string of the molecule is C=Cc1cc2nccc(N)c2s1.O=C(O)C(F)(F)F. The molecule has 0 spiro atoms. The molecule has 0 aliphatic heterocycles. The number of nitrogens with zero attached hydrogens (tertiary/aromatic N) is 1. The number of nitrogen functional groups attached to an aromatic ring is 1. The second-order valence-electron chi connectivity index (χ2n) is 3.27. The van der Waals surface area contributed by atoms with Crippen LogP contribution in [0.1, 0.15) is 4.88 Å². The summed E-state index contributed by atoms with van der Waals surface area (Å²) in [4.78, 5) is 14.2. The molecule has 2 aromatic rings. The number of fused-ring (bicyclic) bond motifs is 1. The number of aromatic nitrogens is 1.